The summed E-state index contributed by atoms with van der Waals surface area (Å²) in [7, 11) is 1.55. The molecule has 1 heterocycles. The Labute approximate surface area is 123 Å². The highest BCUT2D eigenvalue weighted by atomic mass is 127. The van der Waals surface area contributed by atoms with Crippen LogP contribution in [0.25, 0.3) is 0 Å². The van der Waals surface area contributed by atoms with Crippen LogP contribution in [0.3, 0.4) is 0 Å². The van der Waals surface area contributed by atoms with Gasteiger partial charge in [-0.3, -0.25) is 0 Å². The van der Waals surface area contributed by atoms with Crippen LogP contribution in [-0.2, 0) is 0 Å². The Bertz CT molecular complexity index is 598. The summed E-state index contributed by atoms with van der Waals surface area (Å²) in [5.74, 6) is 0.463. The van der Waals surface area contributed by atoms with Gasteiger partial charge in [0.1, 0.15) is 11.5 Å². The van der Waals surface area contributed by atoms with E-state index >= 15 is 0 Å². The van der Waals surface area contributed by atoms with Crippen LogP contribution < -0.4 is 9.47 Å². The van der Waals surface area contributed by atoms with Crippen molar-refractivity contribution in [2.45, 2.75) is 0 Å². The Balaban J connectivity index is 2.26. The molecular weight excluding hydrogens is 361 g/mol. The minimum atomic E-state index is -0.996. The van der Waals surface area contributed by atoms with E-state index in [2.05, 4.69) is 27.6 Å². The molecule has 98 valence electrons. The molecule has 0 fully saturated rings. The van der Waals surface area contributed by atoms with Crippen molar-refractivity contribution in [3.05, 3.63) is 45.7 Å². The number of ether oxygens (including phenoxy) is 2. The van der Waals surface area contributed by atoms with Gasteiger partial charge < -0.3 is 14.6 Å². The topological polar surface area (TPSA) is 68.7 Å². The molecular formula is C13H10INO4. The summed E-state index contributed by atoms with van der Waals surface area (Å²) in [6.45, 7) is 0. The molecule has 0 aliphatic rings. The zero-order valence-corrected chi connectivity index (χ0v) is 12.1. The van der Waals surface area contributed by atoms with Gasteiger partial charge in [-0.05, 0) is 46.9 Å². The number of aromatic carboxylic acids is 1. The summed E-state index contributed by atoms with van der Waals surface area (Å²) in [6, 6.07) is 8.05. The smallest absolute Gasteiger partial charge is 0.335 e. The molecule has 0 amide bonds. The van der Waals surface area contributed by atoms with Gasteiger partial charge in [0, 0.05) is 6.07 Å². The number of carboxylic acids is 1. The lowest BCUT2D eigenvalue weighted by molar-refractivity contribution is 0.0696. The molecule has 0 atom stereocenters. The zero-order valence-electron chi connectivity index (χ0n) is 9.96. The molecule has 1 N–H and O–H groups in total. The molecule has 6 heteroatoms. The second-order valence-corrected chi connectivity index (χ2v) is 4.75. The predicted octanol–water partition coefficient (Wildman–Crippen LogP) is 3.19. The lowest BCUT2D eigenvalue weighted by Crippen LogP contribution is -1.98. The van der Waals surface area contributed by atoms with Gasteiger partial charge in [-0.2, -0.15) is 0 Å². The molecule has 2 rings (SSSR count). The van der Waals surface area contributed by atoms with Crippen molar-refractivity contribution >= 4 is 28.6 Å². The fourth-order valence-electron chi connectivity index (χ4n) is 1.38. The molecule has 5 nitrogen and oxygen atoms in total. The Hall–Kier alpha value is -1.83. The van der Waals surface area contributed by atoms with E-state index in [1.54, 1.807) is 25.3 Å². The molecule has 0 unspecified atom stereocenters. The number of carbonyl (C=O) groups is 1. The monoisotopic (exact) mass is 371 g/mol. The van der Waals surface area contributed by atoms with Crippen molar-refractivity contribution in [3.63, 3.8) is 0 Å². The van der Waals surface area contributed by atoms with Gasteiger partial charge in [0.05, 0.1) is 22.4 Å². The highest BCUT2D eigenvalue weighted by Crippen LogP contribution is 2.27. The van der Waals surface area contributed by atoms with Crippen LogP contribution in [0.4, 0.5) is 0 Å². The lowest BCUT2D eigenvalue weighted by Gasteiger charge is -2.08. The van der Waals surface area contributed by atoms with Crippen LogP contribution in [-0.4, -0.2) is 23.2 Å². The van der Waals surface area contributed by atoms with E-state index in [0.29, 0.717) is 17.4 Å². The number of nitrogens with zero attached hydrogens (tertiary/aromatic N) is 1. The Morgan fingerprint density at radius 3 is 2.68 bits per heavy atom. The second-order valence-electron chi connectivity index (χ2n) is 3.59. The van der Waals surface area contributed by atoms with Crippen LogP contribution in [0.2, 0.25) is 0 Å². The van der Waals surface area contributed by atoms with Crippen molar-refractivity contribution in [1.29, 1.82) is 0 Å². The van der Waals surface area contributed by atoms with Crippen LogP contribution in [0.5, 0.6) is 17.4 Å². The van der Waals surface area contributed by atoms with Gasteiger partial charge in [0.15, 0.2) is 0 Å². The summed E-state index contributed by atoms with van der Waals surface area (Å²) >= 11 is 2.07. The average molecular weight is 371 g/mol. The second kappa shape index (κ2) is 5.87. The van der Waals surface area contributed by atoms with Crippen LogP contribution in [0.1, 0.15) is 10.4 Å². The molecule has 19 heavy (non-hydrogen) atoms. The van der Waals surface area contributed by atoms with Gasteiger partial charge in [-0.1, -0.05) is 0 Å². The van der Waals surface area contributed by atoms with Crippen LogP contribution in [0, 0.1) is 3.57 Å². The molecule has 0 saturated carbocycles. The minimum Gasteiger partial charge on any atom is -0.495 e. The van der Waals surface area contributed by atoms with E-state index in [0.717, 1.165) is 3.57 Å². The zero-order chi connectivity index (χ0) is 13.8. The third-order valence-electron chi connectivity index (χ3n) is 2.34. The number of methoxy groups -OCH3 is 1. The van der Waals surface area contributed by atoms with Gasteiger partial charge in [0.25, 0.3) is 0 Å². The molecule has 0 radical (unpaired) electrons. The maximum atomic E-state index is 10.9. The number of benzene rings is 1. The van der Waals surface area contributed by atoms with Gasteiger partial charge in [-0.15, -0.1) is 0 Å². The summed E-state index contributed by atoms with van der Waals surface area (Å²) in [4.78, 5) is 15.0. The number of aromatic nitrogens is 1. The first kappa shape index (κ1) is 13.6. The van der Waals surface area contributed by atoms with E-state index in [9.17, 15) is 4.79 Å². The third kappa shape index (κ3) is 3.34. The highest BCUT2D eigenvalue weighted by Gasteiger charge is 2.09. The third-order valence-corrected chi connectivity index (χ3v) is 3.23. The van der Waals surface area contributed by atoms with E-state index < -0.39 is 5.97 Å². The fourth-order valence-corrected chi connectivity index (χ4v) is 1.82. The largest absolute Gasteiger partial charge is 0.495 e. The molecule has 0 bridgehead atoms. The molecule has 0 spiro atoms. The number of pyridine rings is 1. The molecule has 0 saturated heterocycles. The van der Waals surface area contributed by atoms with Crippen molar-refractivity contribution < 1.29 is 19.4 Å². The first-order chi connectivity index (χ1) is 9.10. The van der Waals surface area contributed by atoms with Crippen LogP contribution >= 0.6 is 22.6 Å². The maximum Gasteiger partial charge on any atom is 0.335 e. The summed E-state index contributed by atoms with van der Waals surface area (Å²) < 4.78 is 11.4. The van der Waals surface area contributed by atoms with E-state index in [4.69, 9.17) is 14.6 Å². The standard InChI is InChI=1S/C13H10INO4/c1-18-9-3-5-12(15-7-9)19-11-6-8(13(16)17)2-4-10(11)14/h2-7H,1H3,(H,16,17). The number of hydrogen-bond acceptors (Lipinski definition) is 4. The van der Waals surface area contributed by atoms with E-state index in [1.165, 1.54) is 18.3 Å². The number of carboxylic acid groups (broad SMARTS) is 1. The van der Waals surface area contributed by atoms with Crippen LogP contribution in [0.15, 0.2) is 36.5 Å². The first-order valence-corrected chi connectivity index (χ1v) is 6.39. The first-order valence-electron chi connectivity index (χ1n) is 5.31. The van der Waals surface area contributed by atoms with Gasteiger partial charge in [0.2, 0.25) is 5.88 Å². The van der Waals surface area contributed by atoms with Gasteiger partial charge >= 0.3 is 5.97 Å². The molecule has 0 aliphatic heterocycles. The number of rotatable bonds is 4. The Kier molecular flexibility index (Phi) is 4.20. The SMILES string of the molecule is COc1ccc(Oc2cc(C(=O)O)ccc2I)nc1. The van der Waals surface area contributed by atoms with E-state index in [-0.39, 0.29) is 5.56 Å². The Morgan fingerprint density at radius 1 is 1.32 bits per heavy atom. The molecule has 1 aromatic carbocycles. The van der Waals surface area contributed by atoms with Crippen molar-refractivity contribution in [1.82, 2.24) is 4.98 Å². The lowest BCUT2D eigenvalue weighted by atomic mass is 10.2. The van der Waals surface area contributed by atoms with Crippen molar-refractivity contribution in [3.8, 4) is 17.4 Å². The summed E-state index contributed by atoms with van der Waals surface area (Å²) in [5, 5.41) is 8.94. The fraction of sp³-hybridized carbons (Fsp3) is 0.0769. The predicted molar refractivity (Wildman–Crippen MR) is 77.0 cm³/mol. The summed E-state index contributed by atoms with van der Waals surface area (Å²) in [5.41, 5.74) is 0.170. The van der Waals surface area contributed by atoms with Gasteiger partial charge in [-0.25, -0.2) is 9.78 Å². The molecule has 2 aromatic rings. The molecule has 0 aliphatic carbocycles. The van der Waals surface area contributed by atoms with Crippen molar-refractivity contribution in [2.24, 2.45) is 0 Å². The number of hydrogen-bond donors (Lipinski definition) is 1. The van der Waals surface area contributed by atoms with Crippen molar-refractivity contribution in [2.75, 3.05) is 7.11 Å². The normalized spacial score (nSPS) is 10.0. The summed E-state index contributed by atoms with van der Waals surface area (Å²) in [6.07, 6.45) is 1.53. The number of halogens is 1. The highest BCUT2D eigenvalue weighted by molar-refractivity contribution is 14.1. The van der Waals surface area contributed by atoms with E-state index in [1.807, 2.05) is 0 Å². The maximum absolute atomic E-state index is 10.9. The average Bonchev–Trinajstić information content (AvgIpc) is 2.42. The molecule has 1 aromatic heterocycles. The minimum absolute atomic E-state index is 0.170. The quantitative estimate of drug-likeness (QED) is 0.837. The Morgan fingerprint density at radius 2 is 2.11 bits per heavy atom.